The normalized spacial score (nSPS) is 31.8. The van der Waals surface area contributed by atoms with E-state index in [0.29, 0.717) is 6.10 Å². The minimum Gasteiger partial charge on any atom is -0.374 e. The number of nitrogens with zero attached hydrogens (tertiary/aromatic N) is 1. The average Bonchev–Trinajstić information content (AvgIpc) is 2.21. The second-order valence-corrected chi connectivity index (χ2v) is 4.06. The average molecular weight is 184 g/mol. The van der Waals surface area contributed by atoms with Gasteiger partial charge in [-0.2, -0.15) is 0 Å². The van der Waals surface area contributed by atoms with E-state index < -0.39 is 0 Å². The van der Waals surface area contributed by atoms with E-state index in [2.05, 4.69) is 10.2 Å². The van der Waals surface area contributed by atoms with E-state index in [-0.39, 0.29) is 0 Å². The van der Waals surface area contributed by atoms with E-state index in [1.807, 2.05) is 0 Å². The molecule has 2 heterocycles. The number of ether oxygens (including phenoxy) is 1. The molecule has 76 valence electrons. The molecule has 3 heteroatoms. The summed E-state index contributed by atoms with van der Waals surface area (Å²) in [5.74, 6) is 0. The SMILES string of the molecule is C1CCN(CC2CNCCO2)CC1. The predicted octanol–water partition coefficient (Wildman–Crippen LogP) is 0.461. The lowest BCUT2D eigenvalue weighted by molar-refractivity contribution is 0.00234. The van der Waals surface area contributed by atoms with Crippen LogP contribution in [0.2, 0.25) is 0 Å². The monoisotopic (exact) mass is 184 g/mol. The van der Waals surface area contributed by atoms with E-state index in [0.717, 1.165) is 26.2 Å². The molecule has 0 amide bonds. The first kappa shape index (κ1) is 9.44. The van der Waals surface area contributed by atoms with Gasteiger partial charge in [0.2, 0.25) is 0 Å². The van der Waals surface area contributed by atoms with E-state index in [4.69, 9.17) is 4.74 Å². The summed E-state index contributed by atoms with van der Waals surface area (Å²) >= 11 is 0. The van der Waals surface area contributed by atoms with E-state index in [1.54, 1.807) is 0 Å². The molecule has 2 rings (SSSR count). The summed E-state index contributed by atoms with van der Waals surface area (Å²) in [5, 5.41) is 3.37. The van der Waals surface area contributed by atoms with Gasteiger partial charge in [-0.15, -0.1) is 0 Å². The Morgan fingerprint density at radius 2 is 2.08 bits per heavy atom. The van der Waals surface area contributed by atoms with Gasteiger partial charge in [-0.25, -0.2) is 0 Å². The Labute approximate surface area is 80.4 Å². The van der Waals surface area contributed by atoms with Crippen LogP contribution in [0, 0.1) is 0 Å². The summed E-state index contributed by atoms with van der Waals surface area (Å²) in [6.45, 7) is 6.64. The molecule has 2 aliphatic heterocycles. The molecule has 13 heavy (non-hydrogen) atoms. The van der Waals surface area contributed by atoms with Crippen LogP contribution in [-0.2, 0) is 4.74 Å². The Morgan fingerprint density at radius 3 is 2.77 bits per heavy atom. The molecule has 0 bridgehead atoms. The fourth-order valence-electron chi connectivity index (χ4n) is 2.17. The zero-order chi connectivity index (χ0) is 8.93. The Kier molecular flexibility index (Phi) is 3.58. The second kappa shape index (κ2) is 4.94. The quantitative estimate of drug-likeness (QED) is 0.675. The molecular weight excluding hydrogens is 164 g/mol. The van der Waals surface area contributed by atoms with E-state index in [1.165, 1.54) is 32.4 Å². The zero-order valence-electron chi connectivity index (χ0n) is 8.30. The number of piperidine rings is 1. The molecule has 1 N–H and O–H groups in total. The Morgan fingerprint density at radius 1 is 1.23 bits per heavy atom. The van der Waals surface area contributed by atoms with Crippen LogP contribution in [0.15, 0.2) is 0 Å². The van der Waals surface area contributed by atoms with Crippen molar-refractivity contribution < 1.29 is 4.74 Å². The first-order valence-electron chi connectivity index (χ1n) is 5.50. The fraction of sp³-hybridized carbons (Fsp3) is 1.00. The first-order valence-corrected chi connectivity index (χ1v) is 5.50. The van der Waals surface area contributed by atoms with E-state index >= 15 is 0 Å². The second-order valence-electron chi connectivity index (χ2n) is 4.06. The van der Waals surface area contributed by atoms with Crippen molar-refractivity contribution in [3.8, 4) is 0 Å². The van der Waals surface area contributed by atoms with Crippen molar-refractivity contribution in [1.29, 1.82) is 0 Å². The van der Waals surface area contributed by atoms with Crippen LogP contribution < -0.4 is 5.32 Å². The summed E-state index contributed by atoms with van der Waals surface area (Å²) in [5.41, 5.74) is 0. The van der Waals surface area contributed by atoms with Crippen LogP contribution >= 0.6 is 0 Å². The van der Waals surface area contributed by atoms with Gasteiger partial charge in [-0.1, -0.05) is 6.42 Å². The van der Waals surface area contributed by atoms with Gasteiger partial charge >= 0.3 is 0 Å². The van der Waals surface area contributed by atoms with Gasteiger partial charge in [-0.3, -0.25) is 0 Å². The molecule has 1 unspecified atom stereocenters. The van der Waals surface area contributed by atoms with Crippen LogP contribution in [-0.4, -0.2) is 50.3 Å². The van der Waals surface area contributed by atoms with Crippen molar-refractivity contribution in [3.63, 3.8) is 0 Å². The van der Waals surface area contributed by atoms with Gasteiger partial charge in [0, 0.05) is 19.6 Å². The topological polar surface area (TPSA) is 24.5 Å². The highest BCUT2D eigenvalue weighted by Crippen LogP contribution is 2.10. The van der Waals surface area contributed by atoms with Gasteiger partial charge in [0.1, 0.15) is 0 Å². The Balaban J connectivity index is 1.69. The van der Waals surface area contributed by atoms with Crippen molar-refractivity contribution in [3.05, 3.63) is 0 Å². The molecule has 2 aliphatic rings. The Hall–Kier alpha value is -0.120. The summed E-state index contributed by atoms with van der Waals surface area (Å²) in [7, 11) is 0. The molecule has 2 saturated heterocycles. The molecule has 2 fully saturated rings. The highest BCUT2D eigenvalue weighted by molar-refractivity contribution is 4.73. The van der Waals surface area contributed by atoms with E-state index in [9.17, 15) is 0 Å². The zero-order valence-corrected chi connectivity index (χ0v) is 8.30. The molecule has 0 radical (unpaired) electrons. The maximum absolute atomic E-state index is 5.68. The lowest BCUT2D eigenvalue weighted by Crippen LogP contribution is -2.46. The maximum Gasteiger partial charge on any atom is 0.0826 e. The van der Waals surface area contributed by atoms with Gasteiger partial charge < -0.3 is 15.0 Å². The number of hydrogen-bond acceptors (Lipinski definition) is 3. The van der Waals surface area contributed by atoms with Crippen molar-refractivity contribution in [2.24, 2.45) is 0 Å². The Bertz CT molecular complexity index is 124. The minimum atomic E-state index is 0.437. The highest BCUT2D eigenvalue weighted by atomic mass is 16.5. The molecule has 0 spiro atoms. The molecule has 0 aromatic carbocycles. The number of rotatable bonds is 2. The predicted molar refractivity (Wildman–Crippen MR) is 52.9 cm³/mol. The fourth-order valence-corrected chi connectivity index (χ4v) is 2.17. The largest absolute Gasteiger partial charge is 0.374 e. The van der Waals surface area contributed by atoms with Crippen molar-refractivity contribution in [2.45, 2.75) is 25.4 Å². The van der Waals surface area contributed by atoms with Crippen molar-refractivity contribution in [1.82, 2.24) is 10.2 Å². The van der Waals surface area contributed by atoms with Gasteiger partial charge in [-0.05, 0) is 25.9 Å². The van der Waals surface area contributed by atoms with Crippen LogP contribution in [0.4, 0.5) is 0 Å². The molecule has 0 aromatic rings. The molecule has 1 atom stereocenters. The number of nitrogens with one attached hydrogen (secondary N) is 1. The third-order valence-corrected chi connectivity index (χ3v) is 2.91. The van der Waals surface area contributed by atoms with Gasteiger partial charge in [0.15, 0.2) is 0 Å². The first-order chi connectivity index (χ1) is 6.45. The molecule has 0 aromatic heterocycles. The standard InChI is InChI=1S/C10H20N2O/c1-2-5-12(6-3-1)9-10-8-11-4-7-13-10/h10-11H,1-9H2. The maximum atomic E-state index is 5.68. The van der Waals surface area contributed by atoms with Crippen LogP contribution in [0.1, 0.15) is 19.3 Å². The summed E-state index contributed by atoms with van der Waals surface area (Å²) in [6.07, 6.45) is 4.60. The molecule has 0 aliphatic carbocycles. The number of hydrogen-bond donors (Lipinski definition) is 1. The van der Waals surface area contributed by atoms with Crippen molar-refractivity contribution >= 4 is 0 Å². The van der Waals surface area contributed by atoms with Gasteiger partial charge in [0.05, 0.1) is 12.7 Å². The third kappa shape index (κ3) is 2.93. The minimum absolute atomic E-state index is 0.437. The number of likely N-dealkylation sites (tertiary alicyclic amines) is 1. The highest BCUT2D eigenvalue weighted by Gasteiger charge is 2.18. The van der Waals surface area contributed by atoms with Crippen LogP contribution in [0.3, 0.4) is 0 Å². The van der Waals surface area contributed by atoms with Gasteiger partial charge in [0.25, 0.3) is 0 Å². The molecular formula is C10H20N2O. The van der Waals surface area contributed by atoms with Crippen LogP contribution in [0.25, 0.3) is 0 Å². The third-order valence-electron chi connectivity index (χ3n) is 2.91. The van der Waals surface area contributed by atoms with Crippen molar-refractivity contribution in [2.75, 3.05) is 39.3 Å². The summed E-state index contributed by atoms with van der Waals surface area (Å²) < 4.78 is 5.68. The smallest absolute Gasteiger partial charge is 0.0826 e. The lowest BCUT2D eigenvalue weighted by atomic mass is 10.1. The van der Waals surface area contributed by atoms with Crippen LogP contribution in [0.5, 0.6) is 0 Å². The molecule has 3 nitrogen and oxygen atoms in total. The number of morpholine rings is 1. The summed E-state index contributed by atoms with van der Waals surface area (Å²) in [4.78, 5) is 2.54. The summed E-state index contributed by atoms with van der Waals surface area (Å²) in [6, 6.07) is 0. The lowest BCUT2D eigenvalue weighted by Gasteiger charge is -2.32. The molecule has 0 saturated carbocycles.